The van der Waals surface area contributed by atoms with Gasteiger partial charge in [-0.15, -0.1) is 0 Å². The Kier molecular flexibility index (Phi) is 3.12. The van der Waals surface area contributed by atoms with E-state index < -0.39 is 0 Å². The van der Waals surface area contributed by atoms with E-state index in [1.165, 1.54) is 5.56 Å². The van der Waals surface area contributed by atoms with Crippen LogP contribution in [0.25, 0.3) is 11.0 Å². The van der Waals surface area contributed by atoms with Gasteiger partial charge < -0.3 is 10.2 Å². The predicted molar refractivity (Wildman–Crippen MR) is 65.8 cm³/mol. The fourth-order valence-corrected chi connectivity index (χ4v) is 2.09. The van der Waals surface area contributed by atoms with Crippen LogP contribution in [0.3, 0.4) is 0 Å². The topological polar surface area (TPSA) is 39.2 Å². The molecule has 0 saturated heterocycles. The van der Waals surface area contributed by atoms with Crippen LogP contribution in [0, 0.1) is 5.92 Å². The summed E-state index contributed by atoms with van der Waals surface area (Å²) in [6, 6.07) is 8.27. The van der Waals surface area contributed by atoms with Crippen LogP contribution in [0.2, 0.25) is 0 Å². The zero-order valence-electron chi connectivity index (χ0n) is 8.66. The lowest BCUT2D eigenvalue weighted by molar-refractivity contribution is 0.585. The maximum absolute atomic E-state index is 5.61. The van der Waals surface area contributed by atoms with Crippen LogP contribution < -0.4 is 5.73 Å². The fraction of sp³-hybridized carbons (Fsp3) is 0.333. The second kappa shape index (κ2) is 4.37. The summed E-state index contributed by atoms with van der Waals surface area (Å²) in [6.07, 6.45) is 1.02. The molecule has 2 aromatic rings. The van der Waals surface area contributed by atoms with Gasteiger partial charge in [0.05, 0.1) is 0 Å². The summed E-state index contributed by atoms with van der Waals surface area (Å²) < 4.78 is 6.23. The molecule has 2 N–H and O–H groups in total. The maximum Gasteiger partial charge on any atom is 0.170 e. The minimum absolute atomic E-state index is 0.526. The molecular formula is C12H14BrNO. The monoisotopic (exact) mass is 267 g/mol. The van der Waals surface area contributed by atoms with E-state index in [2.05, 4.69) is 35.0 Å². The third-order valence-corrected chi connectivity index (χ3v) is 2.93. The largest absolute Gasteiger partial charge is 0.449 e. The van der Waals surface area contributed by atoms with Gasteiger partial charge in [-0.3, -0.25) is 0 Å². The van der Waals surface area contributed by atoms with Gasteiger partial charge in [0, 0.05) is 5.39 Å². The molecule has 1 aromatic heterocycles. The summed E-state index contributed by atoms with van der Waals surface area (Å²) >= 11 is 3.33. The Balaban J connectivity index is 2.30. The zero-order chi connectivity index (χ0) is 10.8. The lowest BCUT2D eigenvalue weighted by Crippen LogP contribution is -2.12. The van der Waals surface area contributed by atoms with Gasteiger partial charge in [-0.05, 0) is 58.6 Å². The predicted octanol–water partition coefficient (Wildman–Crippen LogP) is 3.33. The Bertz CT molecular complexity index is 464. The van der Waals surface area contributed by atoms with Gasteiger partial charge in [-0.2, -0.15) is 0 Å². The molecule has 3 heteroatoms. The highest BCUT2D eigenvalue weighted by Gasteiger charge is 2.05. The summed E-state index contributed by atoms with van der Waals surface area (Å²) in [5, 5.41) is 1.14. The number of fused-ring (bicyclic) bond motifs is 1. The molecule has 0 amide bonds. The van der Waals surface area contributed by atoms with E-state index in [1.54, 1.807) is 0 Å². The van der Waals surface area contributed by atoms with Crippen molar-refractivity contribution in [1.82, 2.24) is 0 Å². The number of hydrogen-bond donors (Lipinski definition) is 1. The molecule has 1 aromatic carbocycles. The van der Waals surface area contributed by atoms with E-state index in [-0.39, 0.29) is 0 Å². The first-order valence-corrected chi connectivity index (χ1v) is 5.86. The molecule has 0 saturated carbocycles. The Hall–Kier alpha value is -0.800. The van der Waals surface area contributed by atoms with Gasteiger partial charge in [-0.25, -0.2) is 0 Å². The van der Waals surface area contributed by atoms with Gasteiger partial charge in [0.2, 0.25) is 0 Å². The molecule has 1 unspecified atom stereocenters. The van der Waals surface area contributed by atoms with Gasteiger partial charge in [-0.1, -0.05) is 13.0 Å². The lowest BCUT2D eigenvalue weighted by Gasteiger charge is -2.07. The fourth-order valence-electron chi connectivity index (χ4n) is 1.67. The minimum atomic E-state index is 0.526. The number of benzene rings is 1. The molecule has 80 valence electrons. The molecule has 1 atom stereocenters. The number of halogens is 1. The van der Waals surface area contributed by atoms with Crippen LogP contribution in [0.4, 0.5) is 0 Å². The molecule has 0 bridgehead atoms. The number of furan rings is 1. The summed E-state index contributed by atoms with van der Waals surface area (Å²) in [5.74, 6) is 0.526. The van der Waals surface area contributed by atoms with E-state index in [4.69, 9.17) is 10.2 Å². The average molecular weight is 268 g/mol. The molecule has 0 aliphatic heterocycles. The summed E-state index contributed by atoms with van der Waals surface area (Å²) in [7, 11) is 0. The van der Waals surface area contributed by atoms with Crippen molar-refractivity contribution in [3.05, 3.63) is 34.5 Å². The third-order valence-electron chi connectivity index (χ3n) is 2.54. The van der Waals surface area contributed by atoms with Gasteiger partial charge >= 0.3 is 0 Å². The highest BCUT2D eigenvalue weighted by Crippen LogP contribution is 2.24. The summed E-state index contributed by atoms with van der Waals surface area (Å²) in [5.41, 5.74) is 7.85. The van der Waals surface area contributed by atoms with E-state index in [9.17, 15) is 0 Å². The third kappa shape index (κ3) is 2.41. The first-order valence-electron chi connectivity index (χ1n) is 5.07. The van der Waals surface area contributed by atoms with Crippen LogP contribution in [-0.4, -0.2) is 6.54 Å². The normalized spacial score (nSPS) is 13.3. The summed E-state index contributed by atoms with van der Waals surface area (Å²) in [6.45, 7) is 2.89. The second-order valence-corrected chi connectivity index (χ2v) is 4.75. The maximum atomic E-state index is 5.61. The van der Waals surface area contributed by atoms with Crippen molar-refractivity contribution in [2.45, 2.75) is 13.3 Å². The number of nitrogens with two attached hydrogens (primary N) is 1. The summed E-state index contributed by atoms with van der Waals surface area (Å²) in [4.78, 5) is 0. The van der Waals surface area contributed by atoms with E-state index in [1.807, 2.05) is 12.1 Å². The molecule has 2 rings (SSSR count). The van der Waals surface area contributed by atoms with Crippen molar-refractivity contribution in [2.75, 3.05) is 6.54 Å². The second-order valence-electron chi connectivity index (χ2n) is 3.97. The average Bonchev–Trinajstić information content (AvgIpc) is 2.57. The minimum Gasteiger partial charge on any atom is -0.449 e. The van der Waals surface area contributed by atoms with Crippen molar-refractivity contribution >= 4 is 26.9 Å². The Morgan fingerprint density at radius 1 is 1.40 bits per heavy atom. The van der Waals surface area contributed by atoms with Crippen LogP contribution in [-0.2, 0) is 6.42 Å². The van der Waals surface area contributed by atoms with E-state index in [0.717, 1.165) is 28.6 Å². The highest BCUT2D eigenvalue weighted by atomic mass is 79.9. The van der Waals surface area contributed by atoms with Crippen LogP contribution in [0.5, 0.6) is 0 Å². The van der Waals surface area contributed by atoms with Crippen LogP contribution >= 0.6 is 15.9 Å². The van der Waals surface area contributed by atoms with Crippen LogP contribution in [0.15, 0.2) is 33.4 Å². The first kappa shape index (κ1) is 10.7. The zero-order valence-corrected chi connectivity index (χ0v) is 10.3. The Labute approximate surface area is 97.6 Å². The first-order chi connectivity index (χ1) is 7.19. The molecule has 2 nitrogen and oxygen atoms in total. The van der Waals surface area contributed by atoms with E-state index >= 15 is 0 Å². The number of hydrogen-bond acceptors (Lipinski definition) is 2. The standard InChI is InChI=1S/C12H14BrNO/c1-8(7-14)4-9-2-3-11-10(5-9)6-12(13)15-11/h2-3,5-6,8H,4,7,14H2,1H3. The molecule has 0 radical (unpaired) electrons. The highest BCUT2D eigenvalue weighted by molar-refractivity contribution is 9.10. The van der Waals surface area contributed by atoms with Gasteiger partial charge in [0.15, 0.2) is 4.67 Å². The Morgan fingerprint density at radius 3 is 2.93 bits per heavy atom. The van der Waals surface area contributed by atoms with Crippen molar-refractivity contribution in [1.29, 1.82) is 0 Å². The quantitative estimate of drug-likeness (QED) is 0.927. The van der Waals surface area contributed by atoms with Crippen molar-refractivity contribution in [3.63, 3.8) is 0 Å². The molecule has 15 heavy (non-hydrogen) atoms. The SMILES string of the molecule is CC(CN)Cc1ccc2oc(Br)cc2c1. The Morgan fingerprint density at radius 2 is 2.20 bits per heavy atom. The van der Waals surface area contributed by atoms with Gasteiger partial charge in [0.25, 0.3) is 0 Å². The van der Waals surface area contributed by atoms with Crippen molar-refractivity contribution in [3.8, 4) is 0 Å². The lowest BCUT2D eigenvalue weighted by atomic mass is 10.0. The molecule has 0 fully saturated rings. The smallest absolute Gasteiger partial charge is 0.170 e. The molecule has 0 aliphatic rings. The van der Waals surface area contributed by atoms with Crippen LogP contribution in [0.1, 0.15) is 12.5 Å². The molecule has 0 aliphatic carbocycles. The molecule has 0 spiro atoms. The van der Waals surface area contributed by atoms with E-state index in [0.29, 0.717) is 5.92 Å². The van der Waals surface area contributed by atoms with Crippen molar-refractivity contribution in [2.24, 2.45) is 11.7 Å². The number of rotatable bonds is 3. The molecule has 1 heterocycles. The van der Waals surface area contributed by atoms with Crippen molar-refractivity contribution < 1.29 is 4.42 Å². The molecular weight excluding hydrogens is 254 g/mol. The van der Waals surface area contributed by atoms with Gasteiger partial charge in [0.1, 0.15) is 5.58 Å².